The molecule has 1 atom stereocenters. The van der Waals surface area contributed by atoms with Crippen molar-refractivity contribution in [2.24, 2.45) is 0 Å². The van der Waals surface area contributed by atoms with E-state index in [-0.39, 0.29) is 0 Å². The van der Waals surface area contributed by atoms with E-state index in [1.807, 2.05) is 12.1 Å². The second kappa shape index (κ2) is 6.61. The highest BCUT2D eigenvalue weighted by Crippen LogP contribution is 2.30. The normalized spacial score (nSPS) is 18.3. The summed E-state index contributed by atoms with van der Waals surface area (Å²) in [7, 11) is 2.19. The second-order valence-electron chi connectivity index (χ2n) is 5.69. The van der Waals surface area contributed by atoms with Crippen LogP contribution in [0.2, 0.25) is 5.02 Å². The van der Waals surface area contributed by atoms with Crippen LogP contribution in [-0.2, 0) is 13.1 Å². The topological polar surface area (TPSA) is 15.3 Å². The second-order valence-corrected chi connectivity index (χ2v) is 6.09. The van der Waals surface area contributed by atoms with Crippen molar-refractivity contribution < 1.29 is 0 Å². The maximum absolute atomic E-state index is 6.30. The van der Waals surface area contributed by atoms with Gasteiger partial charge < -0.3 is 5.32 Å². The van der Waals surface area contributed by atoms with Gasteiger partial charge >= 0.3 is 0 Å². The van der Waals surface area contributed by atoms with Crippen molar-refractivity contribution in [2.75, 3.05) is 13.6 Å². The summed E-state index contributed by atoms with van der Waals surface area (Å²) in [6.07, 6.45) is 1.12. The van der Waals surface area contributed by atoms with E-state index in [0.29, 0.717) is 6.04 Å². The molecule has 2 nitrogen and oxygen atoms in total. The lowest BCUT2D eigenvalue weighted by molar-refractivity contribution is 0.226. The Morgan fingerprint density at radius 1 is 1.14 bits per heavy atom. The Morgan fingerprint density at radius 2 is 1.90 bits per heavy atom. The molecule has 2 aromatic rings. The van der Waals surface area contributed by atoms with Crippen LogP contribution in [0.1, 0.15) is 29.2 Å². The molecule has 0 aliphatic carbocycles. The Labute approximate surface area is 131 Å². The molecule has 1 unspecified atom stereocenters. The van der Waals surface area contributed by atoms with Crippen LogP contribution in [0.4, 0.5) is 0 Å². The molecule has 2 aromatic carbocycles. The largest absolute Gasteiger partial charge is 0.313 e. The number of hydrogen-bond acceptors (Lipinski definition) is 2. The number of halogens is 1. The van der Waals surface area contributed by atoms with Crippen molar-refractivity contribution in [1.29, 1.82) is 0 Å². The first-order chi connectivity index (χ1) is 10.3. The predicted octanol–water partition coefficient (Wildman–Crippen LogP) is 4.01. The summed E-state index contributed by atoms with van der Waals surface area (Å²) < 4.78 is 0. The van der Waals surface area contributed by atoms with Crippen LogP contribution >= 0.6 is 11.6 Å². The maximum Gasteiger partial charge on any atom is 0.0451 e. The number of rotatable bonds is 3. The first kappa shape index (κ1) is 14.6. The summed E-state index contributed by atoms with van der Waals surface area (Å²) in [4.78, 5) is 2.41. The molecule has 3 heteroatoms. The van der Waals surface area contributed by atoms with Gasteiger partial charge in [0.15, 0.2) is 0 Å². The van der Waals surface area contributed by atoms with Gasteiger partial charge in [0, 0.05) is 24.2 Å². The van der Waals surface area contributed by atoms with E-state index in [4.69, 9.17) is 11.6 Å². The van der Waals surface area contributed by atoms with E-state index in [1.165, 1.54) is 16.7 Å². The van der Waals surface area contributed by atoms with Gasteiger partial charge in [-0.15, -0.1) is 0 Å². The Balaban J connectivity index is 1.84. The molecule has 1 N–H and O–H groups in total. The van der Waals surface area contributed by atoms with Crippen LogP contribution in [0.25, 0.3) is 0 Å². The predicted molar refractivity (Wildman–Crippen MR) is 88.4 cm³/mol. The van der Waals surface area contributed by atoms with E-state index in [1.54, 1.807) is 0 Å². The van der Waals surface area contributed by atoms with Gasteiger partial charge in [-0.2, -0.15) is 0 Å². The van der Waals surface area contributed by atoms with Crippen molar-refractivity contribution in [2.45, 2.75) is 25.6 Å². The van der Waals surface area contributed by atoms with E-state index < -0.39 is 0 Å². The van der Waals surface area contributed by atoms with Gasteiger partial charge in [0.05, 0.1) is 0 Å². The van der Waals surface area contributed by atoms with Crippen molar-refractivity contribution in [1.82, 2.24) is 10.2 Å². The Bertz CT molecular complexity index is 612. The van der Waals surface area contributed by atoms with E-state index in [9.17, 15) is 0 Å². The molecule has 0 bridgehead atoms. The van der Waals surface area contributed by atoms with Gasteiger partial charge in [0.1, 0.15) is 0 Å². The molecular formula is C18H21ClN2. The molecule has 0 saturated heterocycles. The Morgan fingerprint density at radius 3 is 2.76 bits per heavy atom. The van der Waals surface area contributed by atoms with Crippen LogP contribution in [0.3, 0.4) is 0 Å². The fourth-order valence-corrected chi connectivity index (χ4v) is 3.30. The molecule has 1 aliphatic rings. The first-order valence-electron chi connectivity index (χ1n) is 7.48. The number of fused-ring (bicyclic) bond motifs is 1. The van der Waals surface area contributed by atoms with Gasteiger partial charge in [-0.1, -0.05) is 54.1 Å². The minimum atomic E-state index is 0.437. The summed E-state index contributed by atoms with van der Waals surface area (Å²) in [5, 5.41) is 4.36. The minimum Gasteiger partial charge on any atom is -0.313 e. The fraction of sp³-hybridized carbons (Fsp3) is 0.333. The molecule has 0 saturated carbocycles. The summed E-state index contributed by atoms with van der Waals surface area (Å²) in [6.45, 7) is 2.89. The fourth-order valence-electron chi connectivity index (χ4n) is 3.10. The number of benzene rings is 2. The molecule has 1 aliphatic heterocycles. The van der Waals surface area contributed by atoms with Gasteiger partial charge in [0.2, 0.25) is 0 Å². The van der Waals surface area contributed by atoms with Crippen molar-refractivity contribution >= 4 is 11.6 Å². The zero-order valence-corrected chi connectivity index (χ0v) is 13.1. The van der Waals surface area contributed by atoms with Crippen molar-refractivity contribution in [3.05, 3.63) is 70.2 Å². The maximum atomic E-state index is 6.30. The van der Waals surface area contributed by atoms with Gasteiger partial charge in [-0.05, 0) is 42.8 Å². The highest BCUT2D eigenvalue weighted by molar-refractivity contribution is 6.31. The molecule has 0 radical (unpaired) electrons. The van der Waals surface area contributed by atoms with Gasteiger partial charge in [-0.25, -0.2) is 0 Å². The van der Waals surface area contributed by atoms with E-state index in [2.05, 4.69) is 53.7 Å². The molecule has 1 heterocycles. The van der Waals surface area contributed by atoms with Crippen LogP contribution in [0, 0.1) is 0 Å². The van der Waals surface area contributed by atoms with Crippen LogP contribution in [-0.4, -0.2) is 18.5 Å². The Hall–Kier alpha value is -1.35. The van der Waals surface area contributed by atoms with Crippen LogP contribution < -0.4 is 5.32 Å². The smallest absolute Gasteiger partial charge is 0.0451 e. The van der Waals surface area contributed by atoms with Crippen LogP contribution in [0.15, 0.2) is 48.5 Å². The standard InChI is InChI=1S/C18H21ClN2/c1-21(13-15-7-3-5-9-17(15)19)18-10-11-20-12-14-6-2-4-8-16(14)18/h2-9,18,20H,10-13H2,1H3. The molecule has 21 heavy (non-hydrogen) atoms. The lowest BCUT2D eigenvalue weighted by Gasteiger charge is -2.29. The number of nitrogens with one attached hydrogen (secondary N) is 1. The van der Waals surface area contributed by atoms with Crippen molar-refractivity contribution in [3.63, 3.8) is 0 Å². The third-order valence-corrected chi connectivity index (χ3v) is 4.60. The third kappa shape index (κ3) is 3.29. The molecule has 0 fully saturated rings. The molecular weight excluding hydrogens is 280 g/mol. The van der Waals surface area contributed by atoms with E-state index >= 15 is 0 Å². The van der Waals surface area contributed by atoms with Gasteiger partial charge in [0.25, 0.3) is 0 Å². The van der Waals surface area contributed by atoms with Gasteiger partial charge in [-0.3, -0.25) is 4.90 Å². The summed E-state index contributed by atoms with van der Waals surface area (Å²) in [5.74, 6) is 0. The quantitative estimate of drug-likeness (QED) is 0.921. The average Bonchev–Trinajstić information content (AvgIpc) is 2.72. The molecule has 0 amide bonds. The summed E-state index contributed by atoms with van der Waals surface area (Å²) in [5.41, 5.74) is 4.04. The number of hydrogen-bond donors (Lipinski definition) is 1. The molecule has 0 spiro atoms. The zero-order valence-electron chi connectivity index (χ0n) is 12.3. The highest BCUT2D eigenvalue weighted by atomic mass is 35.5. The lowest BCUT2D eigenvalue weighted by Crippen LogP contribution is -2.25. The first-order valence-corrected chi connectivity index (χ1v) is 7.85. The SMILES string of the molecule is CN(Cc1ccccc1Cl)C1CCNCc2ccccc21. The lowest BCUT2D eigenvalue weighted by atomic mass is 9.98. The highest BCUT2D eigenvalue weighted by Gasteiger charge is 2.22. The van der Waals surface area contributed by atoms with Crippen molar-refractivity contribution in [3.8, 4) is 0 Å². The number of nitrogens with zero attached hydrogens (tertiary/aromatic N) is 1. The van der Waals surface area contributed by atoms with Crippen LogP contribution in [0.5, 0.6) is 0 Å². The van der Waals surface area contributed by atoms with E-state index in [0.717, 1.165) is 31.1 Å². The molecule has 0 aromatic heterocycles. The Kier molecular flexibility index (Phi) is 4.59. The minimum absolute atomic E-state index is 0.437. The summed E-state index contributed by atoms with van der Waals surface area (Å²) in [6, 6.07) is 17.3. The average molecular weight is 301 g/mol. The zero-order chi connectivity index (χ0) is 14.7. The molecule has 3 rings (SSSR count). The monoisotopic (exact) mass is 300 g/mol. The third-order valence-electron chi connectivity index (χ3n) is 4.23. The molecule has 110 valence electrons. The summed E-state index contributed by atoms with van der Waals surface area (Å²) >= 11 is 6.30.